The van der Waals surface area contributed by atoms with Gasteiger partial charge in [-0.15, -0.1) is 0 Å². The van der Waals surface area contributed by atoms with E-state index in [9.17, 15) is 4.79 Å². The topological polar surface area (TPSA) is 38.3 Å². The largest absolute Gasteiger partial charge is 0.494 e. The second-order valence-electron chi connectivity index (χ2n) is 8.22. The van der Waals surface area contributed by atoms with E-state index in [4.69, 9.17) is 4.74 Å². The van der Waals surface area contributed by atoms with Gasteiger partial charge in [0.05, 0.1) is 6.61 Å². The van der Waals surface area contributed by atoms with Crippen LogP contribution < -0.4 is 10.1 Å². The van der Waals surface area contributed by atoms with Crippen LogP contribution in [0.2, 0.25) is 0 Å². The van der Waals surface area contributed by atoms with Crippen LogP contribution >= 0.6 is 0 Å². The van der Waals surface area contributed by atoms with Crippen molar-refractivity contribution in [1.82, 2.24) is 5.32 Å². The zero-order chi connectivity index (χ0) is 21.7. The molecule has 0 atom stereocenters. The van der Waals surface area contributed by atoms with Crippen molar-refractivity contribution in [2.75, 3.05) is 6.61 Å². The van der Waals surface area contributed by atoms with E-state index in [1.807, 2.05) is 19.1 Å². The van der Waals surface area contributed by atoms with Crippen molar-refractivity contribution in [2.45, 2.75) is 110 Å². The molecule has 0 bridgehead atoms. The van der Waals surface area contributed by atoms with Crippen LogP contribution in [0.15, 0.2) is 36.5 Å². The Balaban J connectivity index is 1.89. The number of unbranched alkanes of at least 4 members (excludes halogenated alkanes) is 14. The van der Waals surface area contributed by atoms with E-state index in [-0.39, 0.29) is 5.91 Å². The second kappa shape index (κ2) is 19.2. The number of benzene rings is 1. The molecule has 0 aromatic heterocycles. The van der Waals surface area contributed by atoms with Crippen molar-refractivity contribution in [1.29, 1.82) is 0 Å². The molecule has 1 rings (SSSR count). The van der Waals surface area contributed by atoms with Crippen molar-refractivity contribution >= 4 is 5.91 Å². The number of amides is 1. The van der Waals surface area contributed by atoms with Crippen LogP contribution in [0.5, 0.6) is 5.75 Å². The molecule has 3 nitrogen and oxygen atoms in total. The van der Waals surface area contributed by atoms with Gasteiger partial charge in [-0.05, 0) is 44.0 Å². The fraction of sp³-hybridized carbons (Fsp3) is 0.667. The number of ether oxygens (including phenoxy) is 1. The predicted molar refractivity (Wildman–Crippen MR) is 129 cm³/mol. The van der Waals surface area contributed by atoms with Gasteiger partial charge in [-0.1, -0.05) is 96.5 Å². The number of rotatable bonds is 19. The van der Waals surface area contributed by atoms with Gasteiger partial charge in [0.25, 0.3) is 5.91 Å². The predicted octanol–water partition coefficient (Wildman–Crippen LogP) is 8.20. The fourth-order valence-electron chi connectivity index (χ4n) is 3.63. The molecule has 0 spiro atoms. The Morgan fingerprint density at radius 2 is 1.27 bits per heavy atom. The van der Waals surface area contributed by atoms with Gasteiger partial charge in [-0.3, -0.25) is 4.79 Å². The minimum atomic E-state index is -0.0738. The Morgan fingerprint density at radius 3 is 1.77 bits per heavy atom. The van der Waals surface area contributed by atoms with E-state index in [2.05, 4.69) is 18.3 Å². The van der Waals surface area contributed by atoms with E-state index in [0.717, 1.165) is 12.2 Å². The molecule has 1 amide bonds. The number of carbonyl (C=O) groups is 1. The van der Waals surface area contributed by atoms with Gasteiger partial charge in [-0.25, -0.2) is 0 Å². The van der Waals surface area contributed by atoms with Gasteiger partial charge in [0.2, 0.25) is 0 Å². The van der Waals surface area contributed by atoms with Crippen LogP contribution in [0.25, 0.3) is 0 Å². The Morgan fingerprint density at radius 1 is 0.767 bits per heavy atom. The maximum absolute atomic E-state index is 12.1. The Labute approximate surface area is 185 Å². The highest BCUT2D eigenvalue weighted by Gasteiger charge is 2.03. The lowest BCUT2D eigenvalue weighted by Crippen LogP contribution is -2.16. The summed E-state index contributed by atoms with van der Waals surface area (Å²) in [5, 5.41) is 2.84. The van der Waals surface area contributed by atoms with Crippen molar-refractivity contribution in [3.8, 4) is 5.75 Å². The van der Waals surface area contributed by atoms with Crippen LogP contribution in [0.1, 0.15) is 121 Å². The van der Waals surface area contributed by atoms with E-state index < -0.39 is 0 Å². The number of carbonyl (C=O) groups excluding carboxylic acids is 1. The maximum atomic E-state index is 12.1. The first-order valence-corrected chi connectivity index (χ1v) is 12.5. The van der Waals surface area contributed by atoms with Gasteiger partial charge in [0.15, 0.2) is 0 Å². The van der Waals surface area contributed by atoms with Crippen molar-refractivity contribution in [3.63, 3.8) is 0 Å². The number of hydrogen-bond acceptors (Lipinski definition) is 2. The monoisotopic (exact) mass is 415 g/mol. The molecule has 0 saturated carbocycles. The van der Waals surface area contributed by atoms with Crippen molar-refractivity contribution in [3.05, 3.63) is 42.1 Å². The molecule has 0 aliphatic carbocycles. The molecule has 1 aromatic rings. The molecular formula is C27H45NO2. The Hall–Kier alpha value is -1.77. The SMILES string of the molecule is CCCCCCCCCCCCCCCCC=CNC(=O)c1ccc(OCC)cc1. The average molecular weight is 416 g/mol. The third-order valence-electron chi connectivity index (χ3n) is 5.48. The first-order chi connectivity index (χ1) is 14.8. The summed E-state index contributed by atoms with van der Waals surface area (Å²) in [4.78, 5) is 12.1. The van der Waals surface area contributed by atoms with Gasteiger partial charge in [0.1, 0.15) is 5.75 Å². The summed E-state index contributed by atoms with van der Waals surface area (Å²) >= 11 is 0. The molecule has 3 heteroatoms. The highest BCUT2D eigenvalue weighted by atomic mass is 16.5. The van der Waals surface area contributed by atoms with E-state index in [0.29, 0.717) is 12.2 Å². The molecule has 0 aliphatic heterocycles. The summed E-state index contributed by atoms with van der Waals surface area (Å²) in [6.45, 7) is 4.86. The van der Waals surface area contributed by atoms with E-state index in [1.165, 1.54) is 89.9 Å². The van der Waals surface area contributed by atoms with Crippen molar-refractivity contribution in [2.24, 2.45) is 0 Å². The van der Waals surface area contributed by atoms with Gasteiger partial charge >= 0.3 is 0 Å². The third-order valence-corrected chi connectivity index (χ3v) is 5.48. The van der Waals surface area contributed by atoms with Gasteiger partial charge in [0, 0.05) is 11.8 Å². The molecular weight excluding hydrogens is 370 g/mol. The summed E-state index contributed by atoms with van der Waals surface area (Å²) in [5.74, 6) is 0.720. The third kappa shape index (κ3) is 14.3. The molecule has 0 saturated heterocycles. The first kappa shape index (κ1) is 26.3. The summed E-state index contributed by atoms with van der Waals surface area (Å²) in [6.07, 6.45) is 24.2. The van der Waals surface area contributed by atoms with Crippen LogP contribution in [0.4, 0.5) is 0 Å². The summed E-state index contributed by atoms with van der Waals surface area (Å²) in [7, 11) is 0. The zero-order valence-corrected chi connectivity index (χ0v) is 19.6. The highest BCUT2D eigenvalue weighted by molar-refractivity contribution is 5.94. The van der Waals surface area contributed by atoms with Crippen LogP contribution in [0, 0.1) is 0 Å². The average Bonchev–Trinajstić information content (AvgIpc) is 2.76. The molecule has 0 heterocycles. The molecule has 0 unspecified atom stereocenters. The lowest BCUT2D eigenvalue weighted by molar-refractivity contribution is 0.0970. The Kier molecular flexibility index (Phi) is 16.8. The highest BCUT2D eigenvalue weighted by Crippen LogP contribution is 2.14. The van der Waals surface area contributed by atoms with Crippen molar-refractivity contribution < 1.29 is 9.53 Å². The lowest BCUT2D eigenvalue weighted by Gasteiger charge is -2.04. The summed E-state index contributed by atoms with van der Waals surface area (Å²) in [5.41, 5.74) is 0.652. The minimum Gasteiger partial charge on any atom is -0.494 e. The normalized spacial score (nSPS) is 11.1. The second-order valence-corrected chi connectivity index (χ2v) is 8.22. The lowest BCUT2D eigenvalue weighted by atomic mass is 10.0. The Bertz CT molecular complexity index is 550. The fourth-order valence-corrected chi connectivity index (χ4v) is 3.63. The van der Waals surface area contributed by atoms with E-state index >= 15 is 0 Å². The molecule has 0 radical (unpaired) electrons. The smallest absolute Gasteiger partial charge is 0.255 e. The summed E-state index contributed by atoms with van der Waals surface area (Å²) in [6, 6.07) is 7.25. The van der Waals surface area contributed by atoms with Crippen LogP contribution in [0.3, 0.4) is 0 Å². The standard InChI is InChI=1S/C27H45NO2/c1-3-5-6-7-8-9-10-11-12-13-14-15-16-17-18-19-24-28-27(29)25-20-22-26(23-21-25)30-4-2/h19-24H,3-18H2,1-2H3,(H,28,29). The zero-order valence-electron chi connectivity index (χ0n) is 19.6. The summed E-state index contributed by atoms with van der Waals surface area (Å²) < 4.78 is 5.39. The van der Waals surface area contributed by atoms with Gasteiger partial charge < -0.3 is 10.1 Å². The number of hydrogen-bond donors (Lipinski definition) is 1. The maximum Gasteiger partial charge on any atom is 0.255 e. The van der Waals surface area contributed by atoms with Crippen LogP contribution in [-0.2, 0) is 0 Å². The molecule has 30 heavy (non-hydrogen) atoms. The molecule has 170 valence electrons. The molecule has 0 fully saturated rings. The van der Waals surface area contributed by atoms with Gasteiger partial charge in [-0.2, -0.15) is 0 Å². The first-order valence-electron chi connectivity index (χ1n) is 12.5. The van der Waals surface area contributed by atoms with E-state index in [1.54, 1.807) is 18.3 Å². The molecule has 1 N–H and O–H groups in total. The van der Waals surface area contributed by atoms with Crippen LogP contribution in [-0.4, -0.2) is 12.5 Å². The number of nitrogens with one attached hydrogen (secondary N) is 1. The quantitative estimate of drug-likeness (QED) is 0.231. The molecule has 0 aliphatic rings. The number of allylic oxidation sites excluding steroid dienone is 1. The minimum absolute atomic E-state index is 0.0738. The molecule has 1 aromatic carbocycles.